The summed E-state index contributed by atoms with van der Waals surface area (Å²) >= 11 is 0. The van der Waals surface area contributed by atoms with Gasteiger partial charge in [0.25, 0.3) is 0 Å². The zero-order valence-corrected chi connectivity index (χ0v) is 23.1. The predicted molar refractivity (Wildman–Crippen MR) is 141 cm³/mol. The molecule has 0 aliphatic rings. The third-order valence-corrected chi connectivity index (χ3v) is 5.25. The van der Waals surface area contributed by atoms with Crippen molar-refractivity contribution in [1.82, 2.24) is 21.3 Å². The Morgan fingerprint density at radius 2 is 1.57 bits per heavy atom. The number of terminal acetylenes is 1. The second-order valence-corrected chi connectivity index (χ2v) is 10.3. The SMILES string of the molecule is C#CCCCCC(=O)N[C@@H](CCCCNC(=O)OC(C)(C)C)C(=O)N[C@H](C(=O)N[C@@H](C)C(N)=O)C(C)C. The van der Waals surface area contributed by atoms with E-state index in [4.69, 9.17) is 16.9 Å². The first-order valence-corrected chi connectivity index (χ1v) is 12.8. The number of carbonyl (C=O) groups is 5. The van der Waals surface area contributed by atoms with E-state index in [1.54, 1.807) is 34.6 Å². The summed E-state index contributed by atoms with van der Waals surface area (Å²) in [6.07, 6.45) is 8.14. The monoisotopic (exact) mass is 523 g/mol. The van der Waals surface area contributed by atoms with Crippen molar-refractivity contribution in [3.05, 3.63) is 0 Å². The summed E-state index contributed by atoms with van der Waals surface area (Å²) in [4.78, 5) is 61.3. The fourth-order valence-corrected chi connectivity index (χ4v) is 3.19. The highest BCUT2D eigenvalue weighted by Gasteiger charge is 2.29. The van der Waals surface area contributed by atoms with Gasteiger partial charge in [-0.15, -0.1) is 12.3 Å². The van der Waals surface area contributed by atoms with Crippen LogP contribution < -0.4 is 27.0 Å². The van der Waals surface area contributed by atoms with E-state index in [9.17, 15) is 24.0 Å². The van der Waals surface area contributed by atoms with Crippen LogP contribution in [-0.4, -0.2) is 60.0 Å². The van der Waals surface area contributed by atoms with Crippen LogP contribution in [0.1, 0.15) is 86.5 Å². The van der Waals surface area contributed by atoms with Crippen molar-refractivity contribution in [2.24, 2.45) is 11.7 Å². The fourth-order valence-electron chi connectivity index (χ4n) is 3.19. The van der Waals surface area contributed by atoms with Gasteiger partial charge in [-0.05, 0) is 65.7 Å². The van der Waals surface area contributed by atoms with E-state index >= 15 is 0 Å². The minimum atomic E-state index is -0.932. The summed E-state index contributed by atoms with van der Waals surface area (Å²) in [6, 6.07) is -2.72. The van der Waals surface area contributed by atoms with Gasteiger partial charge in [0.1, 0.15) is 23.7 Å². The quantitative estimate of drug-likeness (QED) is 0.152. The molecule has 210 valence electrons. The van der Waals surface area contributed by atoms with E-state index in [-0.39, 0.29) is 18.2 Å². The molecular weight excluding hydrogens is 478 g/mol. The number of ether oxygens (including phenoxy) is 1. The van der Waals surface area contributed by atoms with Gasteiger partial charge < -0.3 is 31.7 Å². The maximum atomic E-state index is 13.1. The van der Waals surface area contributed by atoms with Crippen LogP contribution in [0.15, 0.2) is 0 Å². The summed E-state index contributed by atoms with van der Waals surface area (Å²) < 4.78 is 5.19. The highest BCUT2D eigenvalue weighted by atomic mass is 16.6. The average Bonchev–Trinajstić information content (AvgIpc) is 2.77. The van der Waals surface area contributed by atoms with Crippen molar-refractivity contribution in [2.45, 2.75) is 110 Å². The van der Waals surface area contributed by atoms with Gasteiger partial charge in [0.15, 0.2) is 0 Å². The summed E-state index contributed by atoms with van der Waals surface area (Å²) in [5.41, 5.74) is 4.61. The molecule has 0 fully saturated rings. The topological polar surface area (TPSA) is 169 Å². The lowest BCUT2D eigenvalue weighted by atomic mass is 10.0. The van der Waals surface area contributed by atoms with Crippen molar-refractivity contribution in [1.29, 1.82) is 0 Å². The molecule has 0 rings (SSSR count). The van der Waals surface area contributed by atoms with Gasteiger partial charge in [0.05, 0.1) is 0 Å². The lowest BCUT2D eigenvalue weighted by molar-refractivity contribution is -0.134. The molecule has 5 amide bonds. The molecule has 37 heavy (non-hydrogen) atoms. The normalized spacial score (nSPS) is 13.5. The zero-order valence-electron chi connectivity index (χ0n) is 23.1. The van der Waals surface area contributed by atoms with E-state index in [2.05, 4.69) is 27.2 Å². The summed E-state index contributed by atoms with van der Waals surface area (Å²) in [6.45, 7) is 10.6. The molecule has 0 unspecified atom stereocenters. The molecule has 0 saturated carbocycles. The van der Waals surface area contributed by atoms with Crippen LogP contribution in [0.2, 0.25) is 0 Å². The van der Waals surface area contributed by atoms with Gasteiger partial charge in [-0.1, -0.05) is 13.8 Å². The minimum absolute atomic E-state index is 0.218. The Morgan fingerprint density at radius 1 is 0.919 bits per heavy atom. The molecule has 0 aromatic heterocycles. The molecule has 0 aliphatic heterocycles. The largest absolute Gasteiger partial charge is 0.444 e. The van der Waals surface area contributed by atoms with Crippen molar-refractivity contribution in [3.63, 3.8) is 0 Å². The Kier molecular flexibility index (Phi) is 15.7. The standard InChI is InChI=1S/C26H45N5O6/c1-8-9-10-11-15-20(32)30-19(14-12-13-16-28-25(36)37-26(5,6)7)23(34)31-21(17(2)3)24(35)29-18(4)22(27)33/h1,17-19,21H,9-16H2,2-7H3,(H2,27,33)(H,28,36)(H,29,35)(H,30,32)(H,31,34)/t18-,19-,21-/m0/s1. The molecule has 11 nitrogen and oxygen atoms in total. The molecule has 0 radical (unpaired) electrons. The third kappa shape index (κ3) is 16.1. The molecule has 0 aromatic carbocycles. The van der Waals surface area contributed by atoms with E-state index in [1.165, 1.54) is 6.92 Å². The average molecular weight is 524 g/mol. The van der Waals surface area contributed by atoms with Gasteiger partial charge >= 0.3 is 6.09 Å². The van der Waals surface area contributed by atoms with Crippen LogP contribution in [0.4, 0.5) is 4.79 Å². The van der Waals surface area contributed by atoms with Crippen LogP contribution in [0.25, 0.3) is 0 Å². The van der Waals surface area contributed by atoms with E-state index in [0.29, 0.717) is 45.1 Å². The minimum Gasteiger partial charge on any atom is -0.444 e. The van der Waals surface area contributed by atoms with Gasteiger partial charge in [-0.25, -0.2) is 4.79 Å². The molecule has 0 spiro atoms. The Balaban J connectivity index is 5.15. The molecule has 0 saturated heterocycles. The highest BCUT2D eigenvalue weighted by molar-refractivity contribution is 5.94. The van der Waals surface area contributed by atoms with Crippen LogP contribution in [0, 0.1) is 18.3 Å². The van der Waals surface area contributed by atoms with Gasteiger partial charge in [0, 0.05) is 19.4 Å². The maximum absolute atomic E-state index is 13.1. The van der Waals surface area contributed by atoms with E-state index in [0.717, 1.165) is 0 Å². The fraction of sp³-hybridized carbons (Fsp3) is 0.731. The number of primary amides is 1. The van der Waals surface area contributed by atoms with Crippen molar-refractivity contribution >= 4 is 29.7 Å². The first-order chi connectivity index (χ1) is 17.2. The second kappa shape index (κ2) is 17.2. The Labute approximate surface area is 220 Å². The summed E-state index contributed by atoms with van der Waals surface area (Å²) in [5.74, 6) is 0.179. The summed E-state index contributed by atoms with van der Waals surface area (Å²) in [5, 5.41) is 10.6. The smallest absolute Gasteiger partial charge is 0.407 e. The van der Waals surface area contributed by atoms with Gasteiger partial charge in [-0.2, -0.15) is 0 Å². The number of nitrogens with one attached hydrogen (secondary N) is 4. The number of amides is 5. The number of hydrogen-bond acceptors (Lipinski definition) is 6. The summed E-state index contributed by atoms with van der Waals surface area (Å²) in [7, 11) is 0. The first-order valence-electron chi connectivity index (χ1n) is 12.8. The van der Waals surface area contributed by atoms with Crippen LogP contribution in [0.3, 0.4) is 0 Å². The number of hydrogen-bond donors (Lipinski definition) is 5. The van der Waals surface area contributed by atoms with E-state index in [1.807, 2.05) is 0 Å². The Bertz CT molecular complexity index is 815. The Morgan fingerprint density at radius 3 is 2.11 bits per heavy atom. The lowest BCUT2D eigenvalue weighted by Crippen LogP contribution is -2.57. The molecule has 0 aromatic rings. The molecule has 6 N–H and O–H groups in total. The molecule has 11 heteroatoms. The Hall–Kier alpha value is -3.29. The second-order valence-electron chi connectivity index (χ2n) is 10.3. The number of alkyl carbamates (subject to hydrolysis) is 1. The lowest BCUT2D eigenvalue weighted by Gasteiger charge is -2.26. The van der Waals surface area contributed by atoms with Crippen molar-refractivity contribution < 1.29 is 28.7 Å². The highest BCUT2D eigenvalue weighted by Crippen LogP contribution is 2.09. The predicted octanol–water partition coefficient (Wildman–Crippen LogP) is 1.49. The first kappa shape index (κ1) is 33.7. The van der Waals surface area contributed by atoms with Crippen LogP contribution >= 0.6 is 0 Å². The van der Waals surface area contributed by atoms with Crippen molar-refractivity contribution in [3.8, 4) is 12.3 Å². The number of unbranched alkanes of at least 4 members (excludes halogenated alkanes) is 3. The van der Waals surface area contributed by atoms with Crippen LogP contribution in [-0.2, 0) is 23.9 Å². The molecule has 0 heterocycles. The van der Waals surface area contributed by atoms with Gasteiger partial charge in [-0.3, -0.25) is 19.2 Å². The van der Waals surface area contributed by atoms with Gasteiger partial charge in [0.2, 0.25) is 23.6 Å². The molecule has 0 bridgehead atoms. The van der Waals surface area contributed by atoms with E-state index < -0.39 is 47.5 Å². The molecular formula is C26H45N5O6. The molecule has 0 aliphatic carbocycles. The maximum Gasteiger partial charge on any atom is 0.407 e. The molecule has 3 atom stereocenters. The number of nitrogens with two attached hydrogens (primary N) is 1. The van der Waals surface area contributed by atoms with Crippen LogP contribution in [0.5, 0.6) is 0 Å². The third-order valence-electron chi connectivity index (χ3n) is 5.25. The zero-order chi connectivity index (χ0) is 28.6. The number of rotatable bonds is 16. The number of carbonyl (C=O) groups excluding carboxylic acids is 5. The van der Waals surface area contributed by atoms with Crippen molar-refractivity contribution in [2.75, 3.05) is 6.54 Å².